The number of hydrogen-bond donors (Lipinski definition) is 11. The number of imidazole rings is 1. The van der Waals surface area contributed by atoms with Crippen LogP contribution < -0.4 is 27.0 Å². The van der Waals surface area contributed by atoms with Crippen molar-refractivity contribution in [1.29, 1.82) is 0 Å². The van der Waals surface area contributed by atoms with Crippen LogP contribution in [0, 0.1) is 5.41 Å². The number of nitrogens with zero attached hydrogens (tertiary/aromatic N) is 4. The van der Waals surface area contributed by atoms with E-state index >= 15 is 0 Å². The number of aliphatic hydroxyl groups is 2. The van der Waals surface area contributed by atoms with Crippen LogP contribution in [0.2, 0.25) is 0 Å². The summed E-state index contributed by atoms with van der Waals surface area (Å²) in [5.74, 6) is -0.262. The number of amides is 4. The van der Waals surface area contributed by atoms with Crippen molar-refractivity contribution < 1.29 is 85.3 Å². The number of ether oxygens (including phenoxy) is 1. The zero-order valence-electron chi connectivity index (χ0n) is 33.7. The molecule has 0 spiro atoms. The van der Waals surface area contributed by atoms with Gasteiger partial charge in [-0.25, -0.2) is 33.4 Å². The molecule has 27 nitrogen and oxygen atoms in total. The van der Waals surface area contributed by atoms with E-state index in [1.54, 1.807) is 0 Å². The first-order valence-corrected chi connectivity index (χ1v) is 25.7. The number of nitrogens with one attached hydrogen (secondary N) is 4. The molecule has 0 aromatic carbocycles. The number of rotatable bonds is 24. The van der Waals surface area contributed by atoms with Crippen LogP contribution in [0.25, 0.3) is 11.2 Å². The number of carbonyl (C=O) groups is 4. The van der Waals surface area contributed by atoms with Gasteiger partial charge < -0.3 is 61.5 Å². The fourth-order valence-corrected chi connectivity index (χ4v) is 11.7. The summed E-state index contributed by atoms with van der Waals surface area (Å²) in [6.45, 7) is 0.455. The minimum atomic E-state index is -5.58. The van der Waals surface area contributed by atoms with Crippen molar-refractivity contribution in [3.63, 3.8) is 0 Å². The van der Waals surface area contributed by atoms with Gasteiger partial charge in [0.15, 0.2) is 22.8 Å². The van der Waals surface area contributed by atoms with Crippen LogP contribution in [0.1, 0.15) is 52.2 Å². The predicted octanol–water partition coefficient (Wildman–Crippen LogP) is -0.609. The topological polar surface area (TPSA) is 405 Å². The van der Waals surface area contributed by atoms with Crippen LogP contribution in [0.4, 0.5) is 10.6 Å². The van der Waals surface area contributed by atoms with Crippen LogP contribution in [-0.4, -0.2) is 152 Å². The number of aliphatic hydroxyl groups excluding tert-OH is 2. The average Bonchev–Trinajstić information content (AvgIpc) is 3.96. The Labute approximate surface area is 367 Å². The molecule has 2 aromatic rings. The number of urea groups is 1. The molecule has 3 saturated heterocycles. The molecule has 63 heavy (non-hydrogen) atoms. The third-order valence-corrected chi connectivity index (χ3v) is 15.4. The number of carbonyl (C=O) groups excluding carboxylic acids is 4. The van der Waals surface area contributed by atoms with Crippen LogP contribution in [0.3, 0.4) is 0 Å². The van der Waals surface area contributed by atoms with Gasteiger partial charge >= 0.3 is 29.5 Å². The van der Waals surface area contributed by atoms with Crippen molar-refractivity contribution in [2.45, 2.75) is 93.9 Å². The van der Waals surface area contributed by atoms with E-state index < -0.39 is 84.6 Å². The third-order valence-electron chi connectivity index (χ3n) is 9.82. The van der Waals surface area contributed by atoms with E-state index in [9.17, 15) is 62.7 Å². The molecule has 0 bridgehead atoms. The van der Waals surface area contributed by atoms with E-state index in [1.165, 1.54) is 13.8 Å². The second-order valence-corrected chi connectivity index (χ2v) is 21.8. The van der Waals surface area contributed by atoms with Gasteiger partial charge in [-0.1, -0.05) is 32.0 Å². The number of unbranched alkanes of at least 4 members (excludes halogenated alkanes) is 1. The van der Waals surface area contributed by atoms with Crippen molar-refractivity contribution in [3.05, 3.63) is 12.7 Å². The lowest BCUT2D eigenvalue weighted by Crippen LogP contribution is -2.46. The molecule has 0 saturated carbocycles. The number of nitrogens with two attached hydrogens (primary N) is 1. The highest BCUT2D eigenvalue weighted by molar-refractivity contribution is 8.13. The van der Waals surface area contributed by atoms with Crippen LogP contribution in [0.15, 0.2) is 12.7 Å². The van der Waals surface area contributed by atoms with E-state index in [2.05, 4.69) is 45.1 Å². The number of phosphoric acid groups is 3. The second-order valence-electron chi connectivity index (χ2n) is 15.2. The Bertz CT molecular complexity index is 2120. The highest BCUT2D eigenvalue weighted by Crippen LogP contribution is 2.61. The Morgan fingerprint density at radius 1 is 1.06 bits per heavy atom. The molecule has 3 aliphatic rings. The molecule has 5 heterocycles. The number of anilines is 1. The van der Waals surface area contributed by atoms with Crippen molar-refractivity contribution in [3.8, 4) is 0 Å². The van der Waals surface area contributed by atoms with E-state index in [4.69, 9.17) is 19.5 Å². The number of nitrogen functional groups attached to an aromatic ring is 1. The van der Waals surface area contributed by atoms with E-state index in [1.807, 2.05) is 11.8 Å². The third kappa shape index (κ3) is 14.6. The van der Waals surface area contributed by atoms with Gasteiger partial charge in [0.2, 0.25) is 11.8 Å². The largest absolute Gasteiger partial charge is 0.481 e. The lowest BCUT2D eigenvalue weighted by Gasteiger charge is -2.30. The van der Waals surface area contributed by atoms with Crippen LogP contribution in [0.5, 0.6) is 0 Å². The Balaban J connectivity index is 0.979. The van der Waals surface area contributed by atoms with E-state index in [0.717, 1.165) is 47.6 Å². The molecule has 354 valence electrons. The summed E-state index contributed by atoms with van der Waals surface area (Å²) in [5.41, 5.74) is 4.25. The molecule has 0 radical (unpaired) electrons. The van der Waals surface area contributed by atoms with Gasteiger partial charge in [0.05, 0.1) is 31.6 Å². The van der Waals surface area contributed by atoms with Gasteiger partial charge in [0.1, 0.15) is 36.3 Å². The number of hydrogen-bond acceptors (Lipinski definition) is 20. The maximum atomic E-state index is 12.7. The number of aromatic nitrogens is 4. The van der Waals surface area contributed by atoms with Gasteiger partial charge in [-0.3, -0.25) is 32.5 Å². The molecule has 3 fully saturated rings. The number of fused-ring (bicyclic) bond motifs is 2. The molecular formula is C31H50N9O18P3S2. The smallest absolute Gasteiger partial charge is 0.386 e. The minimum absolute atomic E-state index is 0.00559. The molecule has 10 atom stereocenters. The summed E-state index contributed by atoms with van der Waals surface area (Å²) in [5, 5.41) is 32.7. The summed E-state index contributed by atoms with van der Waals surface area (Å²) in [6, 6.07) is 0.132. The van der Waals surface area contributed by atoms with E-state index in [-0.39, 0.29) is 59.7 Å². The fourth-order valence-electron chi connectivity index (χ4n) is 6.63. The first-order chi connectivity index (χ1) is 29.4. The molecule has 0 aliphatic carbocycles. The highest BCUT2D eigenvalue weighted by Gasteiger charge is 2.50. The molecule has 4 amide bonds. The van der Waals surface area contributed by atoms with Gasteiger partial charge in [-0.05, 0) is 12.8 Å². The monoisotopic (exact) mass is 993 g/mol. The summed E-state index contributed by atoms with van der Waals surface area (Å²) in [6.07, 6.45) is -4.12. The Hall–Kier alpha value is -2.82. The quantitative estimate of drug-likeness (QED) is 0.0355. The molecule has 3 aliphatic heterocycles. The van der Waals surface area contributed by atoms with Crippen molar-refractivity contribution in [1.82, 2.24) is 40.8 Å². The van der Waals surface area contributed by atoms with Crippen molar-refractivity contribution in [2.24, 2.45) is 5.41 Å². The maximum absolute atomic E-state index is 12.7. The van der Waals surface area contributed by atoms with E-state index in [0.29, 0.717) is 23.8 Å². The number of phosphoric ester groups is 3. The van der Waals surface area contributed by atoms with Crippen LogP contribution >= 0.6 is 47.0 Å². The number of thioether (sulfide) groups is 2. The lowest BCUT2D eigenvalue weighted by atomic mass is 9.87. The first-order valence-electron chi connectivity index (χ1n) is 19.2. The van der Waals surface area contributed by atoms with Crippen LogP contribution in [-0.2, 0) is 50.7 Å². The Morgan fingerprint density at radius 2 is 1.79 bits per heavy atom. The lowest BCUT2D eigenvalue weighted by molar-refractivity contribution is -0.137. The normalized spacial score (nSPS) is 26.0. The zero-order chi connectivity index (χ0) is 46.3. The summed E-state index contributed by atoms with van der Waals surface area (Å²) < 4.78 is 62.3. The molecule has 5 rings (SSSR count). The molecule has 2 aromatic heterocycles. The fraction of sp³-hybridized carbons (Fsp3) is 0.710. The van der Waals surface area contributed by atoms with Gasteiger partial charge in [-0.15, -0.1) is 0 Å². The SMILES string of the molecule is CC(C)(COP(=O)(O)OP(=O)(O)OC[C@H]1O[C@@H](n2cnc3c(N)ncnc32)[C@H](O)[C@@H]1OP(=O)(O)O)[C@@H](O)C(=O)NCCC(=O)NCCSC(=O)CCCC[C@@H]1SC[C@@H]2NC(=O)N[C@@H]21. The molecule has 32 heteroatoms. The standard InChI is InChI=1S/C31H50N9O18P3S2/c1-31(2,25(44)28(45)34-8-7-19(41)33-9-10-62-20(42)6-4-3-5-18-21-16(12-63-18)38-30(46)39-21)13-55-61(52,53)58-60(50,51)54-11-17-24(57-59(47,48)49)23(43)29(56-17)40-15-37-22-26(32)35-14-36-27(22)40/h14-18,21,23-25,29,43-44H,3-13H2,1-2H3,(H,33,41)(H,34,45)(H,50,51)(H,52,53)(H2,32,35,36)(H2,38,39,46)(H2,47,48,49)/t16-,17+,18-,21-,23+,24+,25-,29+/m0/s1. The molecule has 12 N–H and O–H groups in total. The summed E-state index contributed by atoms with van der Waals surface area (Å²) in [7, 11) is -16.4. The molecular weight excluding hydrogens is 943 g/mol. The van der Waals surface area contributed by atoms with Crippen molar-refractivity contribution in [2.75, 3.05) is 43.5 Å². The molecule has 2 unspecified atom stereocenters. The van der Waals surface area contributed by atoms with Crippen molar-refractivity contribution >= 4 is 86.9 Å². The maximum Gasteiger partial charge on any atom is 0.481 e. The first kappa shape index (κ1) is 51.2. The van der Waals surface area contributed by atoms with Gasteiger partial charge in [-0.2, -0.15) is 16.1 Å². The average molecular weight is 994 g/mol. The predicted molar refractivity (Wildman–Crippen MR) is 221 cm³/mol. The highest BCUT2D eigenvalue weighted by atomic mass is 32.2. The Kier molecular flexibility index (Phi) is 17.6. The summed E-state index contributed by atoms with van der Waals surface area (Å²) in [4.78, 5) is 99.8. The zero-order valence-corrected chi connectivity index (χ0v) is 38.0. The minimum Gasteiger partial charge on any atom is -0.386 e. The second kappa shape index (κ2) is 21.7. The summed E-state index contributed by atoms with van der Waals surface area (Å²) >= 11 is 2.91. The Morgan fingerprint density at radius 3 is 2.52 bits per heavy atom. The van der Waals surface area contributed by atoms with Gasteiger partial charge in [0.25, 0.3) is 0 Å². The van der Waals surface area contributed by atoms with Gasteiger partial charge in [0, 0.05) is 48.1 Å².